The number of benzene rings is 1. The maximum Gasteiger partial charge on any atom is 0.211 e. The van der Waals surface area contributed by atoms with E-state index in [-0.39, 0.29) is 6.04 Å². The highest BCUT2D eigenvalue weighted by Crippen LogP contribution is 2.26. The third-order valence-electron chi connectivity index (χ3n) is 2.66. The van der Waals surface area contributed by atoms with Crippen LogP contribution in [0.25, 0.3) is 0 Å². The van der Waals surface area contributed by atoms with Gasteiger partial charge in [0, 0.05) is 18.4 Å². The van der Waals surface area contributed by atoms with Crippen molar-refractivity contribution < 1.29 is 4.79 Å². The van der Waals surface area contributed by atoms with Crippen molar-refractivity contribution in [2.75, 3.05) is 11.9 Å². The van der Waals surface area contributed by atoms with Crippen LogP contribution in [0.15, 0.2) is 29.4 Å². The van der Waals surface area contributed by atoms with E-state index in [2.05, 4.69) is 24.3 Å². The van der Waals surface area contributed by atoms with E-state index < -0.39 is 0 Å². The van der Waals surface area contributed by atoms with Crippen LogP contribution in [0.2, 0.25) is 0 Å². The van der Waals surface area contributed by atoms with Crippen LogP contribution in [-0.2, 0) is 4.79 Å². The number of amides is 1. The molecule has 1 rings (SSSR count). The zero-order chi connectivity index (χ0) is 12.7. The minimum absolute atomic E-state index is 0.125. The number of nitrogens with one attached hydrogen (secondary N) is 1. The van der Waals surface area contributed by atoms with Gasteiger partial charge in [0.25, 0.3) is 0 Å². The van der Waals surface area contributed by atoms with E-state index in [0.29, 0.717) is 6.41 Å². The molecule has 0 aliphatic carbocycles. The molecule has 0 saturated heterocycles. The van der Waals surface area contributed by atoms with Gasteiger partial charge in [0.05, 0.1) is 6.04 Å². The average Bonchev–Trinajstić information content (AvgIpc) is 2.36. The molecule has 0 aliphatic rings. The van der Waals surface area contributed by atoms with Crippen molar-refractivity contribution in [3.63, 3.8) is 0 Å². The molecule has 1 atom stereocenters. The minimum atomic E-state index is 0.125. The summed E-state index contributed by atoms with van der Waals surface area (Å²) >= 11 is 0. The maximum atomic E-state index is 10.6. The summed E-state index contributed by atoms with van der Waals surface area (Å²) in [6.07, 6.45) is 2.47. The Labute approximate surface area is 102 Å². The molecule has 4 nitrogen and oxygen atoms in total. The van der Waals surface area contributed by atoms with E-state index in [4.69, 9.17) is 0 Å². The van der Waals surface area contributed by atoms with Crippen molar-refractivity contribution in [2.24, 2.45) is 5.10 Å². The Morgan fingerprint density at radius 2 is 2.18 bits per heavy atom. The van der Waals surface area contributed by atoms with Gasteiger partial charge in [-0.05, 0) is 32.4 Å². The first-order valence-corrected chi connectivity index (χ1v) is 5.78. The number of rotatable bonds is 6. The summed E-state index contributed by atoms with van der Waals surface area (Å²) in [5.41, 5.74) is 1.90. The third kappa shape index (κ3) is 3.31. The molecule has 0 aromatic heterocycles. The Bertz CT molecular complexity index is 390. The van der Waals surface area contributed by atoms with Gasteiger partial charge in [-0.3, -0.25) is 9.80 Å². The summed E-state index contributed by atoms with van der Waals surface area (Å²) in [7, 11) is 0. The van der Waals surface area contributed by atoms with Crippen molar-refractivity contribution in [3.8, 4) is 0 Å². The van der Waals surface area contributed by atoms with Crippen LogP contribution in [-0.4, -0.2) is 24.2 Å². The highest BCUT2D eigenvalue weighted by molar-refractivity contribution is 5.73. The van der Waals surface area contributed by atoms with E-state index in [9.17, 15) is 4.79 Å². The van der Waals surface area contributed by atoms with Crippen LogP contribution in [0, 0.1) is 0 Å². The van der Waals surface area contributed by atoms with Crippen LogP contribution in [0.5, 0.6) is 0 Å². The lowest BCUT2D eigenvalue weighted by atomic mass is 10.1. The molecule has 1 aromatic carbocycles. The zero-order valence-electron chi connectivity index (χ0n) is 10.6. The minimum Gasteiger partial charge on any atom is -0.328 e. The molecule has 17 heavy (non-hydrogen) atoms. The number of hydrogen-bond donors (Lipinski definition) is 1. The van der Waals surface area contributed by atoms with Crippen LogP contribution in [0.4, 0.5) is 5.69 Å². The van der Waals surface area contributed by atoms with Gasteiger partial charge < -0.3 is 5.32 Å². The Kier molecular flexibility index (Phi) is 5.20. The number of carbonyl (C=O) groups excluding carboxylic acids is 1. The zero-order valence-corrected chi connectivity index (χ0v) is 10.6. The van der Waals surface area contributed by atoms with Crippen molar-refractivity contribution >= 4 is 18.3 Å². The van der Waals surface area contributed by atoms with Gasteiger partial charge in [-0.25, -0.2) is 0 Å². The van der Waals surface area contributed by atoms with Gasteiger partial charge in [-0.15, -0.1) is 0 Å². The summed E-state index contributed by atoms with van der Waals surface area (Å²) in [4.78, 5) is 10.6. The molecule has 0 heterocycles. The van der Waals surface area contributed by atoms with E-state index >= 15 is 0 Å². The lowest BCUT2D eigenvalue weighted by Gasteiger charge is -2.26. The molecule has 1 aromatic rings. The predicted octanol–water partition coefficient (Wildman–Crippen LogP) is 2.64. The standard InChI is InChI=1S/C13H19N3O/c1-4-15-16(5-2)11(3)12-8-6-7-9-13(12)14-10-17/h4,6-11H,5H2,1-3H3,(H,14,17)/b15-4-. The molecule has 1 amide bonds. The summed E-state index contributed by atoms with van der Waals surface area (Å²) < 4.78 is 0. The van der Waals surface area contributed by atoms with Gasteiger partial charge >= 0.3 is 0 Å². The molecule has 4 heteroatoms. The number of nitrogens with zero attached hydrogens (tertiary/aromatic N) is 2. The van der Waals surface area contributed by atoms with E-state index in [1.54, 1.807) is 6.21 Å². The first-order valence-electron chi connectivity index (χ1n) is 5.78. The van der Waals surface area contributed by atoms with Crippen LogP contribution >= 0.6 is 0 Å². The fourth-order valence-electron chi connectivity index (χ4n) is 1.82. The van der Waals surface area contributed by atoms with Crippen molar-refractivity contribution in [3.05, 3.63) is 29.8 Å². The van der Waals surface area contributed by atoms with Gasteiger partial charge in [0.2, 0.25) is 6.41 Å². The van der Waals surface area contributed by atoms with Crippen LogP contribution in [0.3, 0.4) is 0 Å². The summed E-state index contributed by atoms with van der Waals surface area (Å²) in [6, 6.07) is 7.89. The third-order valence-corrected chi connectivity index (χ3v) is 2.66. The first-order chi connectivity index (χ1) is 8.24. The topological polar surface area (TPSA) is 44.7 Å². The fourth-order valence-corrected chi connectivity index (χ4v) is 1.82. The Balaban J connectivity index is 3.00. The molecular weight excluding hydrogens is 214 g/mol. The van der Waals surface area contributed by atoms with Gasteiger partial charge in [-0.1, -0.05) is 18.2 Å². The Hall–Kier alpha value is -1.84. The van der Waals surface area contributed by atoms with E-state index in [1.807, 2.05) is 36.2 Å². The predicted molar refractivity (Wildman–Crippen MR) is 71.1 cm³/mol. The van der Waals surface area contributed by atoms with Crippen molar-refractivity contribution in [1.82, 2.24) is 5.01 Å². The molecule has 0 saturated carbocycles. The SMILES string of the molecule is C/C=N\N(CC)C(C)c1ccccc1NC=O. The highest BCUT2D eigenvalue weighted by atomic mass is 16.1. The van der Waals surface area contributed by atoms with Crippen LogP contribution in [0.1, 0.15) is 32.4 Å². The Morgan fingerprint density at radius 1 is 1.47 bits per heavy atom. The molecule has 0 fully saturated rings. The second-order valence-electron chi connectivity index (χ2n) is 3.65. The maximum absolute atomic E-state index is 10.6. The number of carbonyl (C=O) groups is 1. The number of anilines is 1. The van der Waals surface area contributed by atoms with Gasteiger partial charge in [-0.2, -0.15) is 5.10 Å². The number of hydrogen-bond acceptors (Lipinski definition) is 3. The molecule has 0 bridgehead atoms. The summed E-state index contributed by atoms with van der Waals surface area (Å²) in [5, 5.41) is 9.01. The summed E-state index contributed by atoms with van der Waals surface area (Å²) in [6.45, 7) is 6.84. The highest BCUT2D eigenvalue weighted by Gasteiger charge is 2.14. The van der Waals surface area contributed by atoms with Crippen molar-refractivity contribution in [1.29, 1.82) is 0 Å². The summed E-state index contributed by atoms with van der Waals surface area (Å²) in [5.74, 6) is 0. The van der Waals surface area contributed by atoms with Gasteiger partial charge in [0.15, 0.2) is 0 Å². The molecule has 0 radical (unpaired) electrons. The van der Waals surface area contributed by atoms with Crippen molar-refractivity contribution in [2.45, 2.75) is 26.8 Å². The quantitative estimate of drug-likeness (QED) is 0.466. The lowest BCUT2D eigenvalue weighted by Crippen LogP contribution is -2.22. The van der Waals surface area contributed by atoms with E-state index in [0.717, 1.165) is 17.8 Å². The second kappa shape index (κ2) is 6.68. The molecule has 92 valence electrons. The second-order valence-corrected chi connectivity index (χ2v) is 3.65. The normalized spacial score (nSPS) is 12.4. The largest absolute Gasteiger partial charge is 0.328 e. The first kappa shape index (κ1) is 13.2. The molecule has 0 aliphatic heterocycles. The monoisotopic (exact) mass is 233 g/mol. The average molecular weight is 233 g/mol. The fraction of sp³-hybridized carbons (Fsp3) is 0.385. The molecule has 1 N–H and O–H groups in total. The lowest BCUT2D eigenvalue weighted by molar-refractivity contribution is -0.105. The smallest absolute Gasteiger partial charge is 0.211 e. The molecule has 1 unspecified atom stereocenters. The molecule has 0 spiro atoms. The Morgan fingerprint density at radius 3 is 2.76 bits per heavy atom. The van der Waals surface area contributed by atoms with E-state index in [1.165, 1.54) is 0 Å². The number of para-hydroxylation sites is 1. The van der Waals surface area contributed by atoms with Gasteiger partial charge in [0.1, 0.15) is 0 Å². The molecular formula is C13H19N3O. The van der Waals surface area contributed by atoms with Crippen LogP contribution < -0.4 is 5.32 Å². The number of hydrazone groups is 1.